The van der Waals surface area contributed by atoms with Gasteiger partial charge in [-0.05, 0) is 37.8 Å². The standard InChI is InChI=1S/C15H24N2O2/c1-3-14-15(5-4-12(2)17-14)19-9-7-16-10-13-6-8-18-11-13/h4-5,13,16H,3,6-11H2,1-2H3. The number of pyridine rings is 1. The summed E-state index contributed by atoms with van der Waals surface area (Å²) < 4.78 is 11.1. The first-order valence-corrected chi connectivity index (χ1v) is 7.17. The lowest BCUT2D eigenvalue weighted by molar-refractivity contribution is 0.185. The van der Waals surface area contributed by atoms with E-state index in [0.29, 0.717) is 12.5 Å². The fourth-order valence-corrected chi connectivity index (χ4v) is 2.27. The highest BCUT2D eigenvalue weighted by molar-refractivity contribution is 5.29. The largest absolute Gasteiger partial charge is 0.490 e. The summed E-state index contributed by atoms with van der Waals surface area (Å²) in [7, 11) is 0. The molecule has 1 aromatic heterocycles. The van der Waals surface area contributed by atoms with Gasteiger partial charge in [-0.2, -0.15) is 0 Å². The molecule has 0 spiro atoms. The number of hydrogen-bond donors (Lipinski definition) is 1. The second kappa shape index (κ2) is 7.46. The summed E-state index contributed by atoms with van der Waals surface area (Å²) in [5, 5.41) is 3.42. The van der Waals surface area contributed by atoms with E-state index in [4.69, 9.17) is 9.47 Å². The zero-order chi connectivity index (χ0) is 13.5. The number of ether oxygens (including phenoxy) is 2. The Hall–Kier alpha value is -1.13. The number of hydrogen-bond acceptors (Lipinski definition) is 4. The van der Waals surface area contributed by atoms with E-state index in [1.807, 2.05) is 19.1 Å². The predicted molar refractivity (Wildman–Crippen MR) is 75.6 cm³/mol. The van der Waals surface area contributed by atoms with Crippen molar-refractivity contribution in [3.05, 3.63) is 23.5 Å². The molecule has 0 bridgehead atoms. The minimum Gasteiger partial charge on any atom is -0.490 e. The third-order valence-corrected chi connectivity index (χ3v) is 3.40. The summed E-state index contributed by atoms with van der Waals surface area (Å²) in [5.74, 6) is 1.59. The first-order chi connectivity index (χ1) is 9.29. The van der Waals surface area contributed by atoms with E-state index >= 15 is 0 Å². The topological polar surface area (TPSA) is 43.4 Å². The Kier molecular flexibility index (Phi) is 5.61. The third-order valence-electron chi connectivity index (χ3n) is 3.40. The maximum absolute atomic E-state index is 5.79. The number of rotatable bonds is 7. The molecule has 1 atom stereocenters. The summed E-state index contributed by atoms with van der Waals surface area (Å²) in [6.45, 7) is 8.50. The predicted octanol–water partition coefficient (Wildman–Crippen LogP) is 1.96. The Morgan fingerprint density at radius 2 is 2.37 bits per heavy atom. The van der Waals surface area contributed by atoms with Gasteiger partial charge >= 0.3 is 0 Å². The minimum absolute atomic E-state index is 0.673. The zero-order valence-electron chi connectivity index (χ0n) is 11.9. The molecule has 1 aliphatic heterocycles. The highest BCUT2D eigenvalue weighted by Crippen LogP contribution is 2.17. The average Bonchev–Trinajstić information content (AvgIpc) is 2.93. The highest BCUT2D eigenvalue weighted by Gasteiger charge is 2.14. The SMILES string of the molecule is CCc1nc(C)ccc1OCCNCC1CCOC1. The molecule has 1 aliphatic rings. The summed E-state index contributed by atoms with van der Waals surface area (Å²) in [5.41, 5.74) is 2.09. The van der Waals surface area contributed by atoms with Crippen molar-refractivity contribution in [3.63, 3.8) is 0 Å². The molecule has 106 valence electrons. The van der Waals surface area contributed by atoms with E-state index in [9.17, 15) is 0 Å². The maximum Gasteiger partial charge on any atom is 0.140 e. The molecule has 4 nitrogen and oxygen atoms in total. The lowest BCUT2D eigenvalue weighted by atomic mass is 10.1. The van der Waals surface area contributed by atoms with Crippen LogP contribution in [0.1, 0.15) is 24.7 Å². The van der Waals surface area contributed by atoms with E-state index in [-0.39, 0.29) is 0 Å². The molecular weight excluding hydrogens is 240 g/mol. The molecule has 0 amide bonds. The number of aryl methyl sites for hydroxylation is 2. The van der Waals surface area contributed by atoms with Gasteiger partial charge in [0, 0.05) is 25.4 Å². The highest BCUT2D eigenvalue weighted by atomic mass is 16.5. The maximum atomic E-state index is 5.79. The quantitative estimate of drug-likeness (QED) is 0.765. The van der Waals surface area contributed by atoms with E-state index in [0.717, 1.165) is 49.9 Å². The van der Waals surface area contributed by atoms with Crippen LogP contribution < -0.4 is 10.1 Å². The van der Waals surface area contributed by atoms with Crippen molar-refractivity contribution in [3.8, 4) is 5.75 Å². The summed E-state index contributed by atoms with van der Waals surface area (Å²) in [4.78, 5) is 4.49. The molecular formula is C15H24N2O2. The smallest absolute Gasteiger partial charge is 0.140 e. The molecule has 1 aromatic rings. The second-order valence-electron chi connectivity index (χ2n) is 5.03. The van der Waals surface area contributed by atoms with Crippen molar-refractivity contribution in [2.75, 3.05) is 32.9 Å². The van der Waals surface area contributed by atoms with E-state index < -0.39 is 0 Å². The molecule has 1 saturated heterocycles. The lowest BCUT2D eigenvalue weighted by Gasteiger charge is -2.12. The van der Waals surface area contributed by atoms with Crippen LogP contribution in [0, 0.1) is 12.8 Å². The Morgan fingerprint density at radius 3 is 3.11 bits per heavy atom. The normalized spacial score (nSPS) is 18.7. The molecule has 0 saturated carbocycles. The first-order valence-electron chi connectivity index (χ1n) is 7.17. The van der Waals surface area contributed by atoms with Crippen LogP contribution in [0.3, 0.4) is 0 Å². The molecule has 1 unspecified atom stereocenters. The molecule has 0 aliphatic carbocycles. The van der Waals surface area contributed by atoms with E-state index in [2.05, 4.69) is 17.2 Å². The minimum atomic E-state index is 0.673. The van der Waals surface area contributed by atoms with Gasteiger partial charge in [-0.25, -0.2) is 0 Å². The summed E-state index contributed by atoms with van der Waals surface area (Å²) >= 11 is 0. The summed E-state index contributed by atoms with van der Waals surface area (Å²) in [6.07, 6.45) is 2.08. The van der Waals surface area contributed by atoms with Crippen LogP contribution in [0.25, 0.3) is 0 Å². The van der Waals surface area contributed by atoms with Crippen LogP contribution >= 0.6 is 0 Å². The molecule has 0 radical (unpaired) electrons. The molecule has 0 aromatic carbocycles. The van der Waals surface area contributed by atoms with Gasteiger partial charge in [0.05, 0.1) is 12.3 Å². The lowest BCUT2D eigenvalue weighted by Crippen LogP contribution is -2.27. The number of nitrogens with zero attached hydrogens (tertiary/aromatic N) is 1. The van der Waals surface area contributed by atoms with E-state index in [1.54, 1.807) is 0 Å². The second-order valence-corrected chi connectivity index (χ2v) is 5.03. The fourth-order valence-electron chi connectivity index (χ4n) is 2.27. The molecule has 19 heavy (non-hydrogen) atoms. The van der Waals surface area contributed by atoms with Gasteiger partial charge in [0.15, 0.2) is 0 Å². The van der Waals surface area contributed by atoms with Crippen LogP contribution in [0.4, 0.5) is 0 Å². The Morgan fingerprint density at radius 1 is 1.47 bits per heavy atom. The van der Waals surface area contributed by atoms with Crippen LogP contribution in [0.2, 0.25) is 0 Å². The monoisotopic (exact) mass is 264 g/mol. The van der Waals surface area contributed by atoms with Crippen LogP contribution in [0.15, 0.2) is 12.1 Å². The van der Waals surface area contributed by atoms with Crippen LogP contribution in [-0.2, 0) is 11.2 Å². The molecule has 2 rings (SSSR count). The molecule has 1 N–H and O–H groups in total. The average molecular weight is 264 g/mol. The van der Waals surface area contributed by atoms with E-state index in [1.165, 1.54) is 6.42 Å². The van der Waals surface area contributed by atoms with Crippen molar-refractivity contribution in [2.24, 2.45) is 5.92 Å². The zero-order valence-corrected chi connectivity index (χ0v) is 11.9. The number of nitrogens with one attached hydrogen (secondary N) is 1. The van der Waals surface area contributed by atoms with Crippen LogP contribution in [0.5, 0.6) is 5.75 Å². The van der Waals surface area contributed by atoms with Gasteiger partial charge in [-0.15, -0.1) is 0 Å². The molecule has 4 heteroatoms. The van der Waals surface area contributed by atoms with Crippen molar-refractivity contribution in [1.29, 1.82) is 0 Å². The van der Waals surface area contributed by atoms with Gasteiger partial charge in [0.2, 0.25) is 0 Å². The Bertz CT molecular complexity index is 390. The Labute approximate surface area is 115 Å². The van der Waals surface area contributed by atoms with Gasteiger partial charge in [-0.1, -0.05) is 6.92 Å². The van der Waals surface area contributed by atoms with Gasteiger partial charge < -0.3 is 14.8 Å². The van der Waals surface area contributed by atoms with Gasteiger partial charge in [-0.3, -0.25) is 4.98 Å². The van der Waals surface area contributed by atoms with Crippen molar-refractivity contribution in [1.82, 2.24) is 10.3 Å². The van der Waals surface area contributed by atoms with Gasteiger partial charge in [0.1, 0.15) is 12.4 Å². The van der Waals surface area contributed by atoms with Crippen LogP contribution in [-0.4, -0.2) is 37.9 Å². The fraction of sp³-hybridized carbons (Fsp3) is 0.667. The van der Waals surface area contributed by atoms with Crippen molar-refractivity contribution >= 4 is 0 Å². The third kappa shape index (κ3) is 4.48. The van der Waals surface area contributed by atoms with Crippen molar-refractivity contribution in [2.45, 2.75) is 26.7 Å². The number of aromatic nitrogens is 1. The summed E-state index contributed by atoms with van der Waals surface area (Å²) in [6, 6.07) is 4.02. The Balaban J connectivity index is 1.67. The first kappa shape index (κ1) is 14.3. The van der Waals surface area contributed by atoms with Crippen molar-refractivity contribution < 1.29 is 9.47 Å². The molecule has 1 fully saturated rings. The molecule has 2 heterocycles. The van der Waals surface area contributed by atoms with Gasteiger partial charge in [0.25, 0.3) is 0 Å².